The van der Waals surface area contributed by atoms with Crippen LogP contribution in [0.4, 0.5) is 5.69 Å². The van der Waals surface area contributed by atoms with Crippen LogP contribution in [0, 0.1) is 20.8 Å². The van der Waals surface area contributed by atoms with Gasteiger partial charge in [0.2, 0.25) is 10.0 Å². The van der Waals surface area contributed by atoms with Gasteiger partial charge in [-0.05, 0) is 63.1 Å². The van der Waals surface area contributed by atoms with Gasteiger partial charge in [-0.2, -0.15) is 9.40 Å². The number of hydrogen-bond donors (Lipinski definition) is 1. The number of rotatable bonds is 7. The normalized spacial score (nSPS) is 14.5. The molecule has 2 aromatic heterocycles. The Morgan fingerprint density at radius 2 is 1.82 bits per heavy atom. The molecule has 1 aliphatic rings. The Morgan fingerprint density at radius 3 is 2.56 bits per heavy atom. The molecule has 4 aromatic rings. The average Bonchev–Trinajstić information content (AvgIpc) is 3.30. The predicted molar refractivity (Wildman–Crippen MR) is 148 cm³/mol. The van der Waals surface area contributed by atoms with Crippen LogP contribution in [0.25, 0.3) is 16.8 Å². The molecule has 0 aliphatic carbocycles. The lowest BCUT2D eigenvalue weighted by Gasteiger charge is -2.26. The Hall–Kier alpha value is -3.80. The van der Waals surface area contributed by atoms with Gasteiger partial charge in [0.15, 0.2) is 11.3 Å². The molecular weight excluding hydrogens is 518 g/mol. The lowest BCUT2D eigenvalue weighted by atomic mass is 10.0. The predicted octanol–water partition coefficient (Wildman–Crippen LogP) is 3.99. The third-order valence-electron chi connectivity index (χ3n) is 6.61. The minimum Gasteiger partial charge on any atom is -0.492 e. The van der Waals surface area contributed by atoms with Gasteiger partial charge in [0, 0.05) is 24.5 Å². The van der Waals surface area contributed by atoms with Crippen molar-refractivity contribution in [3.63, 3.8) is 0 Å². The number of benzene rings is 2. The van der Waals surface area contributed by atoms with Crippen molar-refractivity contribution in [2.24, 2.45) is 0 Å². The summed E-state index contributed by atoms with van der Waals surface area (Å²) in [7, 11) is -3.78. The molecule has 1 saturated heterocycles. The first-order chi connectivity index (χ1) is 18.7. The topological polar surface area (TPSA) is 115 Å². The number of hydrogen-bond acceptors (Lipinski definition) is 7. The number of morpholine rings is 1. The SMILES string of the molecule is CCOc1ccccc1NC(=O)c1nn2c(C)cc(C)nc2c1-c1ccc(C)c(S(=O)(=O)N2CCOCC2)c1. The fourth-order valence-corrected chi connectivity index (χ4v) is 6.40. The molecule has 0 atom stereocenters. The van der Waals surface area contributed by atoms with E-state index in [4.69, 9.17) is 14.5 Å². The van der Waals surface area contributed by atoms with E-state index in [2.05, 4.69) is 10.4 Å². The van der Waals surface area contributed by atoms with Crippen LogP contribution >= 0.6 is 0 Å². The molecule has 39 heavy (non-hydrogen) atoms. The summed E-state index contributed by atoms with van der Waals surface area (Å²) >= 11 is 0. The lowest BCUT2D eigenvalue weighted by Crippen LogP contribution is -2.40. The van der Waals surface area contributed by atoms with Crippen LogP contribution in [0.1, 0.15) is 34.4 Å². The van der Waals surface area contributed by atoms with Crippen LogP contribution in [-0.2, 0) is 14.8 Å². The van der Waals surface area contributed by atoms with Crippen LogP contribution in [0.15, 0.2) is 53.4 Å². The third-order valence-corrected chi connectivity index (χ3v) is 8.65. The zero-order chi connectivity index (χ0) is 27.7. The number of aryl methyl sites for hydroxylation is 3. The van der Waals surface area contributed by atoms with E-state index in [0.717, 1.165) is 11.4 Å². The Balaban J connectivity index is 1.66. The highest BCUT2D eigenvalue weighted by atomic mass is 32.2. The number of nitrogens with one attached hydrogen (secondary N) is 1. The van der Waals surface area contributed by atoms with Gasteiger partial charge in [0.25, 0.3) is 5.91 Å². The van der Waals surface area contributed by atoms with E-state index in [9.17, 15) is 13.2 Å². The van der Waals surface area contributed by atoms with E-state index in [-0.39, 0.29) is 23.7 Å². The summed E-state index contributed by atoms with van der Waals surface area (Å²) in [6, 6.07) is 14.2. The molecule has 1 amide bonds. The molecule has 3 heterocycles. The Bertz CT molecular complexity index is 1660. The number of fused-ring (bicyclic) bond motifs is 1. The van der Waals surface area contributed by atoms with Gasteiger partial charge in [0.1, 0.15) is 5.75 Å². The molecule has 1 fully saturated rings. The van der Waals surface area contributed by atoms with Crippen LogP contribution in [0.5, 0.6) is 5.75 Å². The summed E-state index contributed by atoms with van der Waals surface area (Å²) in [5.74, 6) is 0.0795. The first-order valence-electron chi connectivity index (χ1n) is 12.8. The van der Waals surface area contributed by atoms with Crippen LogP contribution in [0.2, 0.25) is 0 Å². The smallest absolute Gasteiger partial charge is 0.277 e. The number of carbonyl (C=O) groups is 1. The molecule has 1 N–H and O–H groups in total. The Morgan fingerprint density at radius 1 is 1.08 bits per heavy atom. The zero-order valence-electron chi connectivity index (χ0n) is 22.4. The highest BCUT2D eigenvalue weighted by Gasteiger charge is 2.30. The van der Waals surface area contributed by atoms with Crippen molar-refractivity contribution in [1.29, 1.82) is 0 Å². The van der Waals surface area contributed by atoms with Crippen molar-refractivity contribution < 1.29 is 22.7 Å². The fourth-order valence-electron chi connectivity index (χ4n) is 4.74. The Labute approximate surface area is 227 Å². The highest BCUT2D eigenvalue weighted by Crippen LogP contribution is 2.34. The summed E-state index contributed by atoms with van der Waals surface area (Å²) in [6.07, 6.45) is 0. The highest BCUT2D eigenvalue weighted by molar-refractivity contribution is 7.89. The summed E-state index contributed by atoms with van der Waals surface area (Å²) < 4.78 is 41.3. The van der Waals surface area contributed by atoms with Crippen molar-refractivity contribution in [1.82, 2.24) is 18.9 Å². The van der Waals surface area contributed by atoms with E-state index in [0.29, 0.717) is 53.6 Å². The van der Waals surface area contributed by atoms with Crippen LogP contribution in [-0.4, -0.2) is 66.1 Å². The molecule has 0 bridgehead atoms. The number of aromatic nitrogens is 3. The molecule has 204 valence electrons. The third kappa shape index (κ3) is 5.12. The van der Waals surface area contributed by atoms with E-state index in [1.54, 1.807) is 47.8 Å². The van der Waals surface area contributed by atoms with E-state index >= 15 is 0 Å². The fraction of sp³-hybridized carbons (Fsp3) is 0.321. The molecule has 0 radical (unpaired) electrons. The van der Waals surface area contributed by atoms with E-state index in [1.165, 1.54) is 4.31 Å². The maximum absolute atomic E-state index is 13.7. The summed E-state index contributed by atoms with van der Waals surface area (Å²) in [6.45, 7) is 9.10. The second-order valence-corrected chi connectivity index (χ2v) is 11.3. The lowest BCUT2D eigenvalue weighted by molar-refractivity contribution is 0.0730. The van der Waals surface area contributed by atoms with Crippen LogP contribution < -0.4 is 10.1 Å². The first-order valence-corrected chi connectivity index (χ1v) is 14.2. The number of ether oxygens (including phenoxy) is 2. The van der Waals surface area contributed by atoms with Gasteiger partial charge >= 0.3 is 0 Å². The minimum atomic E-state index is -3.78. The number of amides is 1. The quantitative estimate of drug-likeness (QED) is 0.371. The van der Waals surface area contributed by atoms with Gasteiger partial charge < -0.3 is 14.8 Å². The summed E-state index contributed by atoms with van der Waals surface area (Å²) in [4.78, 5) is 18.6. The van der Waals surface area contributed by atoms with Crippen molar-refractivity contribution >= 4 is 27.3 Å². The van der Waals surface area contributed by atoms with Crippen molar-refractivity contribution in [2.45, 2.75) is 32.6 Å². The number of nitrogens with zero attached hydrogens (tertiary/aromatic N) is 4. The molecule has 0 saturated carbocycles. The molecule has 10 nitrogen and oxygen atoms in total. The first kappa shape index (κ1) is 26.8. The largest absolute Gasteiger partial charge is 0.492 e. The van der Waals surface area contributed by atoms with Gasteiger partial charge in [-0.1, -0.05) is 24.3 Å². The van der Waals surface area contributed by atoms with Gasteiger partial charge in [-0.3, -0.25) is 4.79 Å². The average molecular weight is 550 g/mol. The van der Waals surface area contributed by atoms with Crippen molar-refractivity contribution in [2.75, 3.05) is 38.2 Å². The second-order valence-electron chi connectivity index (χ2n) is 9.38. The van der Waals surface area contributed by atoms with Crippen LogP contribution in [0.3, 0.4) is 0 Å². The molecular formula is C28H31N5O5S. The molecule has 2 aromatic carbocycles. The van der Waals surface area contributed by atoms with Gasteiger partial charge in [-0.15, -0.1) is 0 Å². The minimum absolute atomic E-state index is 0.126. The Kier molecular flexibility index (Phi) is 7.39. The molecule has 0 spiro atoms. The standard InChI is InChI=1S/C28H31N5O5S/c1-5-38-23-9-7-6-8-22(23)30-28(34)26-25(27-29-19(3)16-20(4)33(27)31-26)21-11-10-18(2)24(17-21)39(35,36)32-12-14-37-15-13-32/h6-11,16-17H,5,12-15H2,1-4H3,(H,30,34). The summed E-state index contributed by atoms with van der Waals surface area (Å²) in [5, 5.41) is 7.55. The van der Waals surface area contributed by atoms with Gasteiger partial charge in [0.05, 0.1) is 36.0 Å². The van der Waals surface area contributed by atoms with E-state index in [1.807, 2.05) is 32.9 Å². The number of para-hydroxylation sites is 2. The monoisotopic (exact) mass is 549 g/mol. The molecule has 5 rings (SSSR count). The van der Waals surface area contributed by atoms with E-state index < -0.39 is 15.9 Å². The molecule has 11 heteroatoms. The number of sulfonamides is 1. The molecule has 0 unspecified atom stereocenters. The van der Waals surface area contributed by atoms with Gasteiger partial charge in [-0.25, -0.2) is 17.9 Å². The summed E-state index contributed by atoms with van der Waals surface area (Å²) in [5.41, 5.74) is 4.24. The number of anilines is 1. The van der Waals surface area contributed by atoms with Crippen molar-refractivity contribution in [3.05, 3.63) is 71.2 Å². The molecule has 1 aliphatic heterocycles. The maximum Gasteiger partial charge on any atom is 0.277 e. The zero-order valence-corrected chi connectivity index (χ0v) is 23.2. The number of carbonyl (C=O) groups excluding carboxylic acids is 1. The van der Waals surface area contributed by atoms with Crippen molar-refractivity contribution in [3.8, 4) is 16.9 Å². The maximum atomic E-state index is 13.7. The second kappa shape index (κ2) is 10.8.